The van der Waals surface area contributed by atoms with Crippen LogP contribution in [0.1, 0.15) is 23.6 Å². The third kappa shape index (κ3) is 3.87. The summed E-state index contributed by atoms with van der Waals surface area (Å²) >= 11 is 0. The Kier molecular flexibility index (Phi) is 5.65. The Bertz CT molecular complexity index is 1050. The minimum atomic E-state index is -3.72. The van der Waals surface area contributed by atoms with Gasteiger partial charge in [0, 0.05) is 52.2 Å². The molecule has 2 aromatic rings. The molecule has 2 heterocycles. The third-order valence-corrected chi connectivity index (χ3v) is 7.88. The molecular formula is C22H26FN3O3S. The number of fused-ring (bicyclic) bond motifs is 1. The molecule has 1 amide bonds. The van der Waals surface area contributed by atoms with E-state index in [1.54, 1.807) is 19.0 Å². The van der Waals surface area contributed by atoms with Gasteiger partial charge in [-0.05, 0) is 35.7 Å². The van der Waals surface area contributed by atoms with Gasteiger partial charge in [0.2, 0.25) is 15.9 Å². The zero-order chi connectivity index (χ0) is 21.5. The second-order valence-electron chi connectivity index (χ2n) is 8.13. The van der Waals surface area contributed by atoms with Crippen molar-refractivity contribution in [2.24, 2.45) is 0 Å². The molecule has 0 spiro atoms. The molecule has 8 heteroatoms. The maximum atomic E-state index is 13.5. The zero-order valence-corrected chi connectivity index (χ0v) is 18.0. The maximum Gasteiger partial charge on any atom is 0.243 e. The van der Waals surface area contributed by atoms with Gasteiger partial charge in [-0.3, -0.25) is 9.69 Å². The summed E-state index contributed by atoms with van der Waals surface area (Å²) in [6, 6.07) is 13.2. The fraction of sp³-hybridized carbons (Fsp3) is 0.409. The van der Waals surface area contributed by atoms with Crippen molar-refractivity contribution in [3.8, 4) is 0 Å². The van der Waals surface area contributed by atoms with Crippen LogP contribution in [-0.4, -0.2) is 68.2 Å². The smallest absolute Gasteiger partial charge is 0.243 e. The van der Waals surface area contributed by atoms with Crippen LogP contribution >= 0.6 is 0 Å². The summed E-state index contributed by atoms with van der Waals surface area (Å²) in [6.07, 6.45) is 1.23. The van der Waals surface area contributed by atoms with Crippen LogP contribution < -0.4 is 0 Å². The van der Waals surface area contributed by atoms with Crippen LogP contribution in [-0.2, 0) is 21.2 Å². The Balaban J connectivity index is 1.53. The molecule has 160 valence electrons. The van der Waals surface area contributed by atoms with Gasteiger partial charge in [0.05, 0.1) is 4.90 Å². The van der Waals surface area contributed by atoms with E-state index >= 15 is 0 Å². The quantitative estimate of drug-likeness (QED) is 0.729. The van der Waals surface area contributed by atoms with Gasteiger partial charge in [-0.25, -0.2) is 12.8 Å². The normalized spacial score (nSPS) is 20.4. The summed E-state index contributed by atoms with van der Waals surface area (Å²) in [5.41, 5.74) is 2.39. The van der Waals surface area contributed by atoms with E-state index in [9.17, 15) is 17.6 Å². The van der Waals surface area contributed by atoms with Crippen molar-refractivity contribution >= 4 is 15.9 Å². The molecule has 4 rings (SSSR count). The summed E-state index contributed by atoms with van der Waals surface area (Å²) in [6.45, 7) is 1.46. The van der Waals surface area contributed by atoms with Crippen LogP contribution in [0.15, 0.2) is 53.4 Å². The lowest BCUT2D eigenvalue weighted by atomic mass is 9.88. The van der Waals surface area contributed by atoms with Crippen LogP contribution in [0.4, 0.5) is 4.39 Å². The van der Waals surface area contributed by atoms with Crippen LogP contribution in [0.3, 0.4) is 0 Å². The Labute approximate surface area is 176 Å². The van der Waals surface area contributed by atoms with Crippen molar-refractivity contribution in [1.29, 1.82) is 0 Å². The van der Waals surface area contributed by atoms with Crippen molar-refractivity contribution < 1.29 is 17.6 Å². The second-order valence-corrected chi connectivity index (χ2v) is 10.1. The molecule has 30 heavy (non-hydrogen) atoms. The molecule has 1 atom stereocenters. The fourth-order valence-corrected chi connectivity index (χ4v) is 5.83. The van der Waals surface area contributed by atoms with E-state index in [1.165, 1.54) is 28.1 Å². The number of carbonyl (C=O) groups excluding carboxylic acids is 1. The summed E-state index contributed by atoms with van der Waals surface area (Å²) in [5.74, 6) is -0.520. The topological polar surface area (TPSA) is 60.9 Å². The number of hydrogen-bond donors (Lipinski definition) is 0. The first kappa shape index (κ1) is 21.0. The third-order valence-electron chi connectivity index (χ3n) is 6.05. The standard InChI is InChI=1S/C22H26FN3O3S/c1-24(2)22(27)13-21-20-9-4-3-6-16(20)10-11-26(21)18-14-25(15-18)30(28,29)19-8-5-7-17(23)12-19/h3-9,12,18,21H,10-11,13-15H2,1-2H3. The number of sulfonamides is 1. The van der Waals surface area contributed by atoms with E-state index in [2.05, 4.69) is 17.0 Å². The molecule has 0 N–H and O–H groups in total. The summed E-state index contributed by atoms with van der Waals surface area (Å²) in [4.78, 5) is 16.3. The lowest BCUT2D eigenvalue weighted by molar-refractivity contribution is -0.130. The molecule has 1 fully saturated rings. The molecule has 2 aromatic carbocycles. The summed E-state index contributed by atoms with van der Waals surface area (Å²) < 4.78 is 40.5. The molecule has 6 nitrogen and oxygen atoms in total. The molecule has 0 aliphatic carbocycles. The van der Waals surface area contributed by atoms with Crippen molar-refractivity contribution in [3.63, 3.8) is 0 Å². The lowest BCUT2D eigenvalue weighted by Crippen LogP contribution is -2.62. The van der Waals surface area contributed by atoms with E-state index < -0.39 is 15.8 Å². The molecule has 0 aromatic heterocycles. The number of amides is 1. The molecule has 1 saturated heterocycles. The first-order valence-corrected chi connectivity index (χ1v) is 11.5. The summed E-state index contributed by atoms with van der Waals surface area (Å²) in [5, 5.41) is 0. The predicted molar refractivity (Wildman–Crippen MR) is 112 cm³/mol. The fourth-order valence-electron chi connectivity index (χ4n) is 4.28. The second kappa shape index (κ2) is 8.09. The van der Waals surface area contributed by atoms with E-state index in [0.29, 0.717) is 19.5 Å². The number of nitrogens with zero attached hydrogens (tertiary/aromatic N) is 3. The lowest BCUT2D eigenvalue weighted by Gasteiger charge is -2.49. The van der Waals surface area contributed by atoms with E-state index in [4.69, 9.17) is 0 Å². The van der Waals surface area contributed by atoms with Crippen molar-refractivity contribution in [2.75, 3.05) is 33.7 Å². The number of carbonyl (C=O) groups is 1. The van der Waals surface area contributed by atoms with Crippen molar-refractivity contribution in [2.45, 2.75) is 29.8 Å². The molecular weight excluding hydrogens is 405 g/mol. The Morgan fingerprint density at radius 3 is 2.57 bits per heavy atom. The van der Waals surface area contributed by atoms with Crippen molar-refractivity contribution in [1.82, 2.24) is 14.1 Å². The molecule has 2 aliphatic heterocycles. The van der Waals surface area contributed by atoms with Gasteiger partial charge in [0.1, 0.15) is 5.82 Å². The Morgan fingerprint density at radius 1 is 1.13 bits per heavy atom. The van der Waals surface area contributed by atoms with Gasteiger partial charge in [-0.1, -0.05) is 30.3 Å². The van der Waals surface area contributed by atoms with E-state index in [0.717, 1.165) is 24.6 Å². The molecule has 0 saturated carbocycles. The highest BCUT2D eigenvalue weighted by molar-refractivity contribution is 7.89. The highest BCUT2D eigenvalue weighted by atomic mass is 32.2. The van der Waals surface area contributed by atoms with Crippen molar-refractivity contribution in [3.05, 3.63) is 65.5 Å². The minimum absolute atomic E-state index is 0.0238. The van der Waals surface area contributed by atoms with Crippen LogP contribution in [0.5, 0.6) is 0 Å². The first-order valence-electron chi connectivity index (χ1n) is 10.1. The maximum absolute atomic E-state index is 13.5. The average Bonchev–Trinajstić information content (AvgIpc) is 2.68. The van der Waals surface area contributed by atoms with Crippen LogP contribution in [0.2, 0.25) is 0 Å². The monoisotopic (exact) mass is 431 g/mol. The minimum Gasteiger partial charge on any atom is -0.349 e. The number of halogens is 1. The molecule has 0 radical (unpaired) electrons. The zero-order valence-electron chi connectivity index (χ0n) is 17.2. The average molecular weight is 432 g/mol. The predicted octanol–water partition coefficient (Wildman–Crippen LogP) is 2.28. The number of rotatable bonds is 5. The highest BCUT2D eigenvalue weighted by Crippen LogP contribution is 2.37. The van der Waals surface area contributed by atoms with Gasteiger partial charge < -0.3 is 4.90 Å². The largest absolute Gasteiger partial charge is 0.349 e. The van der Waals surface area contributed by atoms with Gasteiger partial charge >= 0.3 is 0 Å². The van der Waals surface area contributed by atoms with Crippen LogP contribution in [0.25, 0.3) is 0 Å². The molecule has 1 unspecified atom stereocenters. The molecule has 2 aliphatic rings. The number of hydrogen-bond acceptors (Lipinski definition) is 4. The van der Waals surface area contributed by atoms with E-state index in [-0.39, 0.29) is 22.9 Å². The first-order chi connectivity index (χ1) is 14.3. The van der Waals surface area contributed by atoms with Gasteiger partial charge in [0.25, 0.3) is 0 Å². The van der Waals surface area contributed by atoms with Gasteiger partial charge in [0.15, 0.2) is 0 Å². The number of benzene rings is 2. The van der Waals surface area contributed by atoms with E-state index in [1.807, 2.05) is 12.1 Å². The van der Waals surface area contributed by atoms with Crippen LogP contribution in [0, 0.1) is 5.82 Å². The van der Waals surface area contributed by atoms with Gasteiger partial charge in [-0.2, -0.15) is 4.31 Å². The highest BCUT2D eigenvalue weighted by Gasteiger charge is 2.43. The summed E-state index contributed by atoms with van der Waals surface area (Å²) in [7, 11) is -0.223. The SMILES string of the molecule is CN(C)C(=O)CC1c2ccccc2CCN1C1CN(S(=O)(=O)c2cccc(F)c2)C1. The Hall–Kier alpha value is -2.29. The molecule has 0 bridgehead atoms. The van der Waals surface area contributed by atoms with Gasteiger partial charge in [-0.15, -0.1) is 0 Å². The Morgan fingerprint density at radius 2 is 1.87 bits per heavy atom.